The summed E-state index contributed by atoms with van der Waals surface area (Å²) in [5.41, 5.74) is -0.624. The van der Waals surface area contributed by atoms with Crippen LogP contribution in [0.25, 0.3) is 0 Å². The van der Waals surface area contributed by atoms with E-state index >= 15 is 0 Å². The molecular formula is C19H19BF2O3. The third-order valence-corrected chi connectivity index (χ3v) is 4.86. The van der Waals surface area contributed by atoms with E-state index in [-0.39, 0.29) is 16.6 Å². The Balaban J connectivity index is 1.88. The zero-order chi connectivity index (χ0) is 18.4. The maximum absolute atomic E-state index is 14.6. The maximum atomic E-state index is 14.6. The van der Waals surface area contributed by atoms with E-state index < -0.39 is 35.7 Å². The fraction of sp³-hybridized carbons (Fsp3) is 0.316. The largest absolute Gasteiger partial charge is 0.497 e. The van der Waals surface area contributed by atoms with Crippen LogP contribution in [0.3, 0.4) is 0 Å². The molecule has 3 nitrogen and oxygen atoms in total. The van der Waals surface area contributed by atoms with Crippen molar-refractivity contribution >= 4 is 18.4 Å². The highest BCUT2D eigenvalue weighted by molar-refractivity contribution is 6.62. The van der Waals surface area contributed by atoms with Crippen LogP contribution in [0.15, 0.2) is 42.5 Å². The van der Waals surface area contributed by atoms with Crippen molar-refractivity contribution in [2.24, 2.45) is 0 Å². The molecule has 130 valence electrons. The second-order valence-electron chi connectivity index (χ2n) is 7.16. The zero-order valence-electron chi connectivity index (χ0n) is 14.6. The van der Waals surface area contributed by atoms with Crippen LogP contribution in [-0.4, -0.2) is 24.1 Å². The molecule has 2 aromatic carbocycles. The van der Waals surface area contributed by atoms with E-state index in [0.29, 0.717) is 0 Å². The van der Waals surface area contributed by atoms with E-state index in [2.05, 4.69) is 0 Å². The van der Waals surface area contributed by atoms with Gasteiger partial charge in [-0.05, 0) is 45.9 Å². The SMILES string of the molecule is CC1(C)OB(c2ccc(C(=O)c3cccc(F)c3)cc2F)OC1(C)C. The summed E-state index contributed by atoms with van der Waals surface area (Å²) in [4.78, 5) is 12.4. The highest BCUT2D eigenvalue weighted by Crippen LogP contribution is 2.36. The van der Waals surface area contributed by atoms with Gasteiger partial charge in [-0.15, -0.1) is 0 Å². The molecule has 2 aromatic rings. The average molecular weight is 344 g/mol. The van der Waals surface area contributed by atoms with Crippen LogP contribution >= 0.6 is 0 Å². The highest BCUT2D eigenvalue weighted by atomic mass is 19.1. The lowest BCUT2D eigenvalue weighted by molar-refractivity contribution is 0.00578. The highest BCUT2D eigenvalue weighted by Gasteiger charge is 2.52. The third kappa shape index (κ3) is 3.24. The molecule has 0 aromatic heterocycles. The second-order valence-corrected chi connectivity index (χ2v) is 7.16. The van der Waals surface area contributed by atoms with Gasteiger partial charge in [-0.25, -0.2) is 8.78 Å². The fourth-order valence-corrected chi connectivity index (χ4v) is 2.63. The van der Waals surface area contributed by atoms with Gasteiger partial charge in [-0.3, -0.25) is 4.79 Å². The minimum atomic E-state index is -0.844. The topological polar surface area (TPSA) is 35.5 Å². The van der Waals surface area contributed by atoms with Gasteiger partial charge in [-0.2, -0.15) is 0 Å². The number of carbonyl (C=O) groups is 1. The average Bonchev–Trinajstić information content (AvgIpc) is 2.74. The number of hydrogen-bond acceptors (Lipinski definition) is 3. The first-order chi connectivity index (χ1) is 11.6. The smallest absolute Gasteiger partial charge is 0.399 e. The van der Waals surface area contributed by atoms with Crippen molar-refractivity contribution in [2.75, 3.05) is 0 Å². The number of rotatable bonds is 3. The Morgan fingerprint density at radius 1 is 0.920 bits per heavy atom. The van der Waals surface area contributed by atoms with E-state index in [4.69, 9.17) is 9.31 Å². The van der Waals surface area contributed by atoms with Gasteiger partial charge in [0.15, 0.2) is 5.78 Å². The van der Waals surface area contributed by atoms with Crippen LogP contribution in [0.5, 0.6) is 0 Å². The number of ketones is 1. The molecule has 0 unspecified atom stereocenters. The molecule has 1 heterocycles. The molecule has 0 radical (unpaired) electrons. The normalized spacial score (nSPS) is 18.4. The number of hydrogen-bond donors (Lipinski definition) is 0. The summed E-state index contributed by atoms with van der Waals surface area (Å²) in [7, 11) is -0.844. The molecular weight excluding hydrogens is 325 g/mol. The maximum Gasteiger partial charge on any atom is 0.497 e. The van der Waals surface area contributed by atoms with Gasteiger partial charge in [-0.1, -0.05) is 24.3 Å². The Labute approximate surface area is 146 Å². The van der Waals surface area contributed by atoms with E-state index in [1.807, 2.05) is 27.7 Å². The number of carbonyl (C=O) groups excluding carboxylic acids is 1. The molecule has 3 rings (SSSR count). The Morgan fingerprint density at radius 3 is 2.08 bits per heavy atom. The summed E-state index contributed by atoms with van der Waals surface area (Å²) in [5.74, 6) is -1.56. The van der Waals surface area contributed by atoms with Crippen molar-refractivity contribution in [1.82, 2.24) is 0 Å². The molecule has 1 aliphatic heterocycles. The van der Waals surface area contributed by atoms with E-state index in [9.17, 15) is 13.6 Å². The fourth-order valence-electron chi connectivity index (χ4n) is 2.63. The summed E-state index contributed by atoms with van der Waals surface area (Å²) in [5, 5.41) is 0. The van der Waals surface area contributed by atoms with Crippen LogP contribution in [0, 0.1) is 11.6 Å². The lowest BCUT2D eigenvalue weighted by Crippen LogP contribution is -2.41. The molecule has 0 spiro atoms. The van der Waals surface area contributed by atoms with Crippen molar-refractivity contribution in [3.8, 4) is 0 Å². The minimum Gasteiger partial charge on any atom is -0.399 e. The van der Waals surface area contributed by atoms with Crippen molar-refractivity contribution in [3.63, 3.8) is 0 Å². The van der Waals surface area contributed by atoms with Gasteiger partial charge in [0.25, 0.3) is 0 Å². The Kier molecular flexibility index (Phi) is 4.29. The van der Waals surface area contributed by atoms with Gasteiger partial charge in [0.1, 0.15) is 11.6 Å². The quantitative estimate of drug-likeness (QED) is 0.632. The molecule has 1 saturated heterocycles. The third-order valence-electron chi connectivity index (χ3n) is 4.86. The molecule has 0 bridgehead atoms. The van der Waals surface area contributed by atoms with Crippen LogP contribution in [0.4, 0.5) is 8.78 Å². The van der Waals surface area contributed by atoms with Crippen molar-refractivity contribution in [1.29, 1.82) is 0 Å². The van der Waals surface area contributed by atoms with Crippen LogP contribution < -0.4 is 5.46 Å². The molecule has 0 saturated carbocycles. The molecule has 0 aliphatic carbocycles. The van der Waals surface area contributed by atoms with Gasteiger partial charge in [0.2, 0.25) is 0 Å². The first kappa shape index (κ1) is 17.8. The number of benzene rings is 2. The first-order valence-electron chi connectivity index (χ1n) is 8.06. The molecule has 1 fully saturated rings. The Hall–Kier alpha value is -2.05. The monoisotopic (exact) mass is 344 g/mol. The van der Waals surface area contributed by atoms with Gasteiger partial charge in [0.05, 0.1) is 11.2 Å². The molecule has 0 amide bonds. The first-order valence-corrected chi connectivity index (χ1v) is 8.06. The predicted molar refractivity (Wildman–Crippen MR) is 91.9 cm³/mol. The van der Waals surface area contributed by atoms with Crippen LogP contribution in [0.2, 0.25) is 0 Å². The molecule has 25 heavy (non-hydrogen) atoms. The summed E-state index contributed by atoms with van der Waals surface area (Å²) < 4.78 is 39.5. The Morgan fingerprint density at radius 2 is 1.52 bits per heavy atom. The lowest BCUT2D eigenvalue weighted by Gasteiger charge is -2.32. The van der Waals surface area contributed by atoms with E-state index in [1.165, 1.54) is 30.3 Å². The standard InChI is InChI=1S/C19H19BF2O3/c1-18(2)19(3,4)25-20(24-18)15-9-8-13(11-16(15)22)17(23)12-6-5-7-14(21)10-12/h5-11H,1-4H3. The zero-order valence-corrected chi connectivity index (χ0v) is 14.6. The predicted octanol–water partition coefficient (Wildman–Crippen LogP) is 3.50. The minimum absolute atomic E-state index is 0.142. The van der Waals surface area contributed by atoms with Crippen LogP contribution in [-0.2, 0) is 9.31 Å². The van der Waals surface area contributed by atoms with Gasteiger partial charge < -0.3 is 9.31 Å². The van der Waals surface area contributed by atoms with E-state index in [0.717, 1.165) is 12.1 Å². The molecule has 6 heteroatoms. The van der Waals surface area contributed by atoms with E-state index in [1.54, 1.807) is 0 Å². The number of halogens is 2. The summed E-state index contributed by atoms with van der Waals surface area (Å²) in [6.07, 6.45) is 0. The Bertz CT molecular complexity index is 817. The molecule has 1 aliphatic rings. The van der Waals surface area contributed by atoms with Crippen molar-refractivity contribution in [3.05, 3.63) is 65.2 Å². The molecule has 0 N–H and O–H groups in total. The van der Waals surface area contributed by atoms with Crippen LogP contribution in [0.1, 0.15) is 43.6 Å². The van der Waals surface area contributed by atoms with Crippen molar-refractivity contribution < 1.29 is 22.9 Å². The molecule has 0 atom stereocenters. The summed E-state index contributed by atoms with van der Waals surface area (Å²) in [6.45, 7) is 7.53. The van der Waals surface area contributed by atoms with Gasteiger partial charge in [0, 0.05) is 16.6 Å². The summed E-state index contributed by atoms with van der Waals surface area (Å²) in [6, 6.07) is 9.42. The van der Waals surface area contributed by atoms with Crippen molar-refractivity contribution in [2.45, 2.75) is 38.9 Å². The second kappa shape index (κ2) is 6.04. The van der Waals surface area contributed by atoms with Gasteiger partial charge >= 0.3 is 7.12 Å². The lowest BCUT2D eigenvalue weighted by atomic mass is 9.78. The summed E-state index contributed by atoms with van der Waals surface area (Å²) >= 11 is 0.